The van der Waals surface area contributed by atoms with Gasteiger partial charge >= 0.3 is 0 Å². The molecule has 1 aromatic heterocycles. The van der Waals surface area contributed by atoms with Crippen molar-refractivity contribution in [1.29, 1.82) is 0 Å². The van der Waals surface area contributed by atoms with Gasteiger partial charge in [0, 0.05) is 23.3 Å². The van der Waals surface area contributed by atoms with Crippen molar-refractivity contribution in [3.8, 4) is 0 Å². The molecule has 0 aliphatic rings. The van der Waals surface area contributed by atoms with Crippen LogP contribution >= 0.6 is 0 Å². The molecule has 0 radical (unpaired) electrons. The second-order valence-corrected chi connectivity index (χ2v) is 4.54. The number of carbonyl (C=O) groups excluding carboxylic acids is 1. The number of hydrogen-bond acceptors (Lipinski definition) is 2. The molecule has 0 aliphatic carbocycles. The Kier molecular flexibility index (Phi) is 2.71. The highest BCUT2D eigenvalue weighted by atomic mass is 19.1. The second-order valence-electron chi connectivity index (χ2n) is 4.54. The normalized spacial score (nSPS) is 11.2. The molecule has 0 saturated carbocycles. The number of amides is 1. The zero-order chi connectivity index (χ0) is 13.4. The third kappa shape index (κ3) is 2.17. The molecule has 0 saturated heterocycles. The van der Waals surface area contributed by atoms with E-state index in [2.05, 4.69) is 0 Å². The highest BCUT2D eigenvalue weighted by Gasteiger charge is 2.08. The number of carbonyl (C=O) groups is 1. The first kappa shape index (κ1) is 11.7. The zero-order valence-corrected chi connectivity index (χ0v) is 10.2. The highest BCUT2D eigenvalue weighted by molar-refractivity contribution is 6.04. The molecule has 2 N–H and O–H groups in total. The molecule has 1 amide bonds. The molecular formula is C15H12FNO2. The SMILES string of the molecule is NC(=O)CCc1ccc2c(c1)oc1cc(F)ccc12. The van der Waals surface area contributed by atoms with Gasteiger partial charge in [-0.3, -0.25) is 4.79 Å². The molecular weight excluding hydrogens is 245 g/mol. The maximum absolute atomic E-state index is 13.1. The molecule has 3 nitrogen and oxygen atoms in total. The largest absolute Gasteiger partial charge is 0.456 e. The monoisotopic (exact) mass is 257 g/mol. The van der Waals surface area contributed by atoms with Gasteiger partial charge in [0.05, 0.1) is 0 Å². The first-order valence-corrected chi connectivity index (χ1v) is 6.02. The van der Waals surface area contributed by atoms with Crippen LogP contribution in [0.1, 0.15) is 12.0 Å². The Labute approximate surface area is 108 Å². The Bertz CT molecular complexity index is 776. The standard InChI is InChI=1S/C15H12FNO2/c16-10-3-5-12-11-4-1-9(2-6-15(17)18)7-13(11)19-14(12)8-10/h1,3-5,7-8H,2,6H2,(H2,17,18). The van der Waals surface area contributed by atoms with Gasteiger partial charge in [-0.2, -0.15) is 0 Å². The summed E-state index contributed by atoms with van der Waals surface area (Å²) >= 11 is 0. The van der Waals surface area contributed by atoms with Crippen molar-refractivity contribution in [1.82, 2.24) is 0 Å². The predicted molar refractivity (Wildman–Crippen MR) is 71.2 cm³/mol. The van der Waals surface area contributed by atoms with Crippen molar-refractivity contribution in [2.24, 2.45) is 5.73 Å². The number of hydrogen-bond donors (Lipinski definition) is 1. The number of aryl methyl sites for hydroxylation is 1. The minimum Gasteiger partial charge on any atom is -0.456 e. The highest BCUT2D eigenvalue weighted by Crippen LogP contribution is 2.29. The van der Waals surface area contributed by atoms with E-state index in [9.17, 15) is 9.18 Å². The van der Waals surface area contributed by atoms with E-state index in [1.807, 2.05) is 18.2 Å². The summed E-state index contributed by atoms with van der Waals surface area (Å²) < 4.78 is 18.8. The lowest BCUT2D eigenvalue weighted by Crippen LogP contribution is -2.11. The lowest BCUT2D eigenvalue weighted by molar-refractivity contribution is -0.117. The van der Waals surface area contributed by atoms with Gasteiger partial charge in [-0.1, -0.05) is 12.1 Å². The van der Waals surface area contributed by atoms with E-state index in [1.165, 1.54) is 12.1 Å². The third-order valence-corrected chi connectivity index (χ3v) is 3.16. The molecule has 0 spiro atoms. The number of halogens is 1. The molecule has 19 heavy (non-hydrogen) atoms. The van der Waals surface area contributed by atoms with E-state index >= 15 is 0 Å². The fourth-order valence-electron chi connectivity index (χ4n) is 2.22. The van der Waals surface area contributed by atoms with Crippen molar-refractivity contribution in [3.63, 3.8) is 0 Å². The molecule has 0 fully saturated rings. The summed E-state index contributed by atoms with van der Waals surface area (Å²) in [6.07, 6.45) is 0.886. The van der Waals surface area contributed by atoms with Crippen LogP contribution in [0.5, 0.6) is 0 Å². The molecule has 3 aromatic rings. The molecule has 2 aromatic carbocycles. The van der Waals surface area contributed by atoms with Crippen molar-refractivity contribution >= 4 is 27.8 Å². The first-order chi connectivity index (χ1) is 9.13. The van der Waals surface area contributed by atoms with Gasteiger partial charge in [-0.25, -0.2) is 4.39 Å². The smallest absolute Gasteiger partial charge is 0.217 e. The van der Waals surface area contributed by atoms with Crippen LogP contribution in [0.2, 0.25) is 0 Å². The van der Waals surface area contributed by atoms with Crippen LogP contribution in [-0.2, 0) is 11.2 Å². The molecule has 0 unspecified atom stereocenters. The predicted octanol–water partition coefficient (Wildman–Crippen LogP) is 3.14. The van der Waals surface area contributed by atoms with Crippen LogP contribution in [-0.4, -0.2) is 5.91 Å². The van der Waals surface area contributed by atoms with Gasteiger partial charge in [-0.15, -0.1) is 0 Å². The van der Waals surface area contributed by atoms with E-state index in [4.69, 9.17) is 10.2 Å². The third-order valence-electron chi connectivity index (χ3n) is 3.16. The summed E-state index contributed by atoms with van der Waals surface area (Å²) in [7, 11) is 0. The summed E-state index contributed by atoms with van der Waals surface area (Å²) in [6, 6.07) is 10.2. The number of benzene rings is 2. The number of nitrogens with two attached hydrogens (primary N) is 1. The van der Waals surface area contributed by atoms with Crippen LogP contribution in [0, 0.1) is 5.82 Å². The van der Waals surface area contributed by atoms with Crippen LogP contribution in [0.4, 0.5) is 4.39 Å². The van der Waals surface area contributed by atoms with E-state index in [-0.39, 0.29) is 11.7 Å². The van der Waals surface area contributed by atoms with Crippen LogP contribution < -0.4 is 5.73 Å². The zero-order valence-electron chi connectivity index (χ0n) is 10.2. The Morgan fingerprint density at radius 3 is 2.53 bits per heavy atom. The summed E-state index contributed by atoms with van der Waals surface area (Å²) in [6.45, 7) is 0. The number of furan rings is 1. The fourth-order valence-corrected chi connectivity index (χ4v) is 2.22. The Balaban J connectivity index is 2.08. The first-order valence-electron chi connectivity index (χ1n) is 6.02. The average Bonchev–Trinajstić information content (AvgIpc) is 2.72. The van der Waals surface area contributed by atoms with Crippen molar-refractivity contribution in [2.75, 3.05) is 0 Å². The Morgan fingerprint density at radius 2 is 1.79 bits per heavy atom. The molecule has 4 heteroatoms. The number of rotatable bonds is 3. The lowest BCUT2D eigenvalue weighted by atomic mass is 10.1. The van der Waals surface area contributed by atoms with Gasteiger partial charge in [0.15, 0.2) is 0 Å². The van der Waals surface area contributed by atoms with E-state index in [0.717, 1.165) is 16.3 Å². The maximum Gasteiger partial charge on any atom is 0.217 e. The molecule has 0 bridgehead atoms. The lowest BCUT2D eigenvalue weighted by Gasteiger charge is -1.98. The van der Waals surface area contributed by atoms with Crippen molar-refractivity contribution in [2.45, 2.75) is 12.8 Å². The Morgan fingerprint density at radius 1 is 1.11 bits per heavy atom. The molecule has 0 aliphatic heterocycles. The van der Waals surface area contributed by atoms with E-state index in [0.29, 0.717) is 24.0 Å². The minimum absolute atomic E-state index is 0.306. The molecule has 0 atom stereocenters. The van der Waals surface area contributed by atoms with E-state index < -0.39 is 0 Å². The molecule has 3 rings (SSSR count). The van der Waals surface area contributed by atoms with Crippen molar-refractivity contribution in [3.05, 3.63) is 47.8 Å². The fraction of sp³-hybridized carbons (Fsp3) is 0.133. The van der Waals surface area contributed by atoms with Crippen molar-refractivity contribution < 1.29 is 13.6 Å². The quantitative estimate of drug-likeness (QED) is 0.783. The van der Waals surface area contributed by atoms with Crippen LogP contribution in [0.15, 0.2) is 40.8 Å². The van der Waals surface area contributed by atoms with Crippen LogP contribution in [0.25, 0.3) is 21.9 Å². The van der Waals surface area contributed by atoms with Gasteiger partial charge in [0.25, 0.3) is 0 Å². The molecule has 96 valence electrons. The molecule has 1 heterocycles. The van der Waals surface area contributed by atoms with Gasteiger partial charge in [0.1, 0.15) is 17.0 Å². The van der Waals surface area contributed by atoms with E-state index in [1.54, 1.807) is 6.07 Å². The average molecular weight is 257 g/mol. The topological polar surface area (TPSA) is 56.2 Å². The summed E-state index contributed by atoms with van der Waals surface area (Å²) in [5, 5.41) is 1.83. The minimum atomic E-state index is -0.327. The summed E-state index contributed by atoms with van der Waals surface area (Å²) in [5.74, 6) is -0.646. The van der Waals surface area contributed by atoms with Gasteiger partial charge in [0.2, 0.25) is 5.91 Å². The Hall–Kier alpha value is -2.36. The summed E-state index contributed by atoms with van der Waals surface area (Å²) in [5.41, 5.74) is 7.33. The van der Waals surface area contributed by atoms with Crippen LogP contribution in [0.3, 0.4) is 0 Å². The van der Waals surface area contributed by atoms with Gasteiger partial charge in [-0.05, 0) is 30.2 Å². The number of fused-ring (bicyclic) bond motifs is 3. The number of primary amides is 1. The second kappa shape index (κ2) is 4.39. The summed E-state index contributed by atoms with van der Waals surface area (Å²) in [4.78, 5) is 10.8. The van der Waals surface area contributed by atoms with Gasteiger partial charge < -0.3 is 10.2 Å². The maximum atomic E-state index is 13.1.